The predicted octanol–water partition coefficient (Wildman–Crippen LogP) is 23.8. The summed E-state index contributed by atoms with van der Waals surface area (Å²) in [5, 5.41) is 0. The molecule has 0 N–H and O–H groups in total. The average Bonchev–Trinajstić information content (AvgIpc) is 3.43. The van der Waals surface area contributed by atoms with Crippen LogP contribution in [0.15, 0.2) is 24.3 Å². The Labute approximate surface area is 481 Å². The van der Waals surface area contributed by atoms with Gasteiger partial charge in [-0.1, -0.05) is 347 Å². The van der Waals surface area contributed by atoms with Gasteiger partial charge in [-0.15, -0.1) is 0 Å². The van der Waals surface area contributed by atoms with Crippen LogP contribution in [0.5, 0.6) is 0 Å². The van der Waals surface area contributed by atoms with Crippen LogP contribution in [0.3, 0.4) is 0 Å². The van der Waals surface area contributed by atoms with E-state index in [9.17, 15) is 14.4 Å². The van der Waals surface area contributed by atoms with Gasteiger partial charge in [-0.3, -0.25) is 14.4 Å². The van der Waals surface area contributed by atoms with Crippen LogP contribution >= 0.6 is 0 Å². The second-order valence-corrected chi connectivity index (χ2v) is 23.8. The summed E-state index contributed by atoms with van der Waals surface area (Å²) in [6.45, 7) is 6.68. The van der Waals surface area contributed by atoms with Crippen molar-refractivity contribution in [3.63, 3.8) is 0 Å². The maximum atomic E-state index is 12.9. The lowest BCUT2D eigenvalue weighted by Gasteiger charge is -2.18. The van der Waals surface area contributed by atoms with Crippen LogP contribution in [-0.2, 0) is 28.6 Å². The Morgan fingerprint density at radius 2 is 0.468 bits per heavy atom. The van der Waals surface area contributed by atoms with Gasteiger partial charge in [-0.2, -0.15) is 0 Å². The number of allylic oxidation sites excluding steroid dienone is 4. The van der Waals surface area contributed by atoms with Crippen molar-refractivity contribution in [3.8, 4) is 0 Å². The highest BCUT2D eigenvalue weighted by Gasteiger charge is 2.19. The molecule has 0 spiro atoms. The van der Waals surface area contributed by atoms with Crippen molar-refractivity contribution >= 4 is 17.9 Å². The molecule has 1 unspecified atom stereocenters. The summed E-state index contributed by atoms with van der Waals surface area (Å²) in [6.07, 6.45) is 80.7. The molecule has 0 saturated heterocycles. The third kappa shape index (κ3) is 64.6. The third-order valence-corrected chi connectivity index (χ3v) is 16.0. The maximum absolute atomic E-state index is 12.9. The van der Waals surface area contributed by atoms with E-state index in [4.69, 9.17) is 14.2 Å². The quantitative estimate of drug-likeness (QED) is 0.0261. The number of ether oxygens (including phenoxy) is 3. The molecule has 0 radical (unpaired) electrons. The van der Waals surface area contributed by atoms with Crippen LogP contribution in [0.25, 0.3) is 0 Å². The Kier molecular flexibility index (Phi) is 64.6. The van der Waals surface area contributed by atoms with Gasteiger partial charge in [-0.25, -0.2) is 0 Å². The first-order valence-electron chi connectivity index (χ1n) is 34.8. The molecule has 454 valence electrons. The lowest BCUT2D eigenvalue weighted by atomic mass is 10.0. The number of hydrogen-bond acceptors (Lipinski definition) is 6. The first kappa shape index (κ1) is 74.9. The molecule has 0 aromatic carbocycles. The molecule has 0 aliphatic carbocycles. The summed E-state index contributed by atoms with van der Waals surface area (Å²) in [4.78, 5) is 38.3. The first-order chi connectivity index (χ1) is 38.0. The average molecular weight is 1080 g/mol. The van der Waals surface area contributed by atoms with E-state index in [1.807, 2.05) is 0 Å². The monoisotopic (exact) mass is 1080 g/mol. The maximum Gasteiger partial charge on any atom is 0.306 e. The Morgan fingerprint density at radius 3 is 0.740 bits per heavy atom. The fraction of sp³-hybridized carbons (Fsp3) is 0.901. The highest BCUT2D eigenvalue weighted by Crippen LogP contribution is 2.19. The van der Waals surface area contributed by atoms with Gasteiger partial charge in [-0.05, 0) is 51.4 Å². The molecule has 0 fully saturated rings. The largest absolute Gasteiger partial charge is 0.462 e. The minimum Gasteiger partial charge on any atom is -0.462 e. The first-order valence-corrected chi connectivity index (χ1v) is 34.8. The Hall–Kier alpha value is -2.11. The summed E-state index contributed by atoms with van der Waals surface area (Å²) in [6, 6.07) is 0. The van der Waals surface area contributed by atoms with Crippen LogP contribution in [-0.4, -0.2) is 37.2 Å². The van der Waals surface area contributed by atoms with Gasteiger partial charge in [0.2, 0.25) is 0 Å². The minimum atomic E-state index is -0.772. The molecule has 0 aromatic heterocycles. The molecular formula is C71H134O6. The topological polar surface area (TPSA) is 78.9 Å². The molecule has 0 aliphatic rings. The van der Waals surface area contributed by atoms with Crippen LogP contribution in [0.1, 0.15) is 393 Å². The van der Waals surface area contributed by atoms with Gasteiger partial charge in [0.25, 0.3) is 0 Å². The number of carbonyl (C=O) groups excluding carboxylic acids is 3. The molecule has 6 nitrogen and oxygen atoms in total. The van der Waals surface area contributed by atoms with Gasteiger partial charge >= 0.3 is 17.9 Å². The number of hydrogen-bond donors (Lipinski definition) is 0. The summed E-state index contributed by atoms with van der Waals surface area (Å²) < 4.78 is 17.0. The summed E-state index contributed by atoms with van der Waals surface area (Å²) in [5.41, 5.74) is 0. The Morgan fingerprint density at radius 1 is 0.260 bits per heavy atom. The summed E-state index contributed by atoms with van der Waals surface area (Å²) in [7, 11) is 0. The molecule has 1 atom stereocenters. The molecule has 0 heterocycles. The minimum absolute atomic E-state index is 0.0684. The van der Waals surface area contributed by atoms with Gasteiger partial charge in [0.15, 0.2) is 6.10 Å². The zero-order valence-corrected chi connectivity index (χ0v) is 52.3. The van der Waals surface area contributed by atoms with Crippen LogP contribution < -0.4 is 0 Å². The van der Waals surface area contributed by atoms with E-state index in [1.165, 1.54) is 283 Å². The van der Waals surface area contributed by atoms with E-state index in [0.717, 1.165) is 70.6 Å². The second-order valence-electron chi connectivity index (χ2n) is 23.8. The molecule has 0 rings (SSSR count). The van der Waals surface area contributed by atoms with Crippen molar-refractivity contribution in [2.45, 2.75) is 399 Å². The highest BCUT2D eigenvalue weighted by atomic mass is 16.6. The van der Waals surface area contributed by atoms with E-state index in [2.05, 4.69) is 45.1 Å². The highest BCUT2D eigenvalue weighted by molar-refractivity contribution is 5.71. The Balaban J connectivity index is 4.15. The molecule has 0 saturated carbocycles. The summed E-state index contributed by atoms with van der Waals surface area (Å²) >= 11 is 0. The smallest absolute Gasteiger partial charge is 0.306 e. The van der Waals surface area contributed by atoms with Crippen molar-refractivity contribution in [2.75, 3.05) is 13.2 Å². The normalized spacial score (nSPS) is 12.1. The van der Waals surface area contributed by atoms with Gasteiger partial charge < -0.3 is 14.2 Å². The third-order valence-electron chi connectivity index (χ3n) is 16.0. The molecule has 0 amide bonds. The van der Waals surface area contributed by atoms with E-state index in [-0.39, 0.29) is 31.1 Å². The van der Waals surface area contributed by atoms with Crippen LogP contribution in [0.2, 0.25) is 0 Å². The van der Waals surface area contributed by atoms with Gasteiger partial charge in [0, 0.05) is 19.3 Å². The van der Waals surface area contributed by atoms with Gasteiger partial charge in [0.05, 0.1) is 0 Å². The predicted molar refractivity (Wildman–Crippen MR) is 335 cm³/mol. The zero-order valence-electron chi connectivity index (χ0n) is 52.3. The van der Waals surface area contributed by atoms with Crippen molar-refractivity contribution in [1.82, 2.24) is 0 Å². The number of rotatable bonds is 65. The SMILES string of the molecule is CCCCC/C=C\C/C=C\CCCCCCCCCC(=O)OC(COC(=O)CCCCCCCCCCCCCCC)COC(=O)CCCCCCCCCCCCCCCCCCCCCCCCCCCCCCC. The standard InChI is InChI=1S/C71H134O6/c1-4-7-10-13-16-19-22-25-27-29-30-31-32-33-34-35-36-37-38-39-40-42-43-46-49-52-55-58-61-64-70(73)76-67-68(66-75-69(72)63-60-57-54-51-48-45-24-21-18-15-12-9-6-3)77-71(74)65-62-59-56-53-50-47-44-41-28-26-23-20-17-14-11-8-5-2/h17,20,26,28,68H,4-16,18-19,21-25,27,29-67H2,1-3H3/b20-17-,28-26-. The fourth-order valence-electron chi connectivity index (χ4n) is 10.7. The lowest BCUT2D eigenvalue weighted by Crippen LogP contribution is -2.30. The summed E-state index contributed by atoms with van der Waals surface area (Å²) in [5.74, 6) is -0.847. The Bertz CT molecular complexity index is 1240. The number of unbranched alkanes of at least 4 members (excludes halogenated alkanes) is 50. The lowest BCUT2D eigenvalue weighted by molar-refractivity contribution is -0.167. The van der Waals surface area contributed by atoms with Crippen LogP contribution in [0, 0.1) is 0 Å². The fourth-order valence-corrected chi connectivity index (χ4v) is 10.7. The van der Waals surface area contributed by atoms with Crippen LogP contribution in [0.4, 0.5) is 0 Å². The molecule has 77 heavy (non-hydrogen) atoms. The van der Waals surface area contributed by atoms with E-state index in [0.29, 0.717) is 19.3 Å². The molecule has 0 aromatic rings. The van der Waals surface area contributed by atoms with Crippen molar-refractivity contribution < 1.29 is 28.6 Å². The van der Waals surface area contributed by atoms with Crippen molar-refractivity contribution in [2.24, 2.45) is 0 Å². The van der Waals surface area contributed by atoms with Crippen molar-refractivity contribution in [1.29, 1.82) is 0 Å². The molecular weight excluding hydrogens is 949 g/mol. The van der Waals surface area contributed by atoms with Gasteiger partial charge in [0.1, 0.15) is 13.2 Å². The molecule has 6 heteroatoms. The van der Waals surface area contributed by atoms with E-state index < -0.39 is 6.10 Å². The second kappa shape index (κ2) is 66.4. The number of carbonyl (C=O) groups is 3. The van der Waals surface area contributed by atoms with E-state index in [1.54, 1.807) is 0 Å². The number of esters is 3. The molecule has 0 bridgehead atoms. The zero-order chi connectivity index (χ0) is 55.7. The van der Waals surface area contributed by atoms with Crippen molar-refractivity contribution in [3.05, 3.63) is 24.3 Å². The van der Waals surface area contributed by atoms with E-state index >= 15 is 0 Å². The molecule has 0 aliphatic heterocycles.